The summed E-state index contributed by atoms with van der Waals surface area (Å²) in [4.78, 5) is 36.7. The first-order valence-electron chi connectivity index (χ1n) is 15.9. The Bertz CT molecular complexity index is 637. The number of hydrogen-bond donors (Lipinski definition) is 3. The second-order valence-electron chi connectivity index (χ2n) is 11.2. The van der Waals surface area contributed by atoms with Crippen LogP contribution in [0.2, 0.25) is 0 Å². The molecule has 3 unspecified atom stereocenters. The van der Waals surface area contributed by atoms with E-state index in [1.807, 2.05) is 0 Å². The van der Waals surface area contributed by atoms with E-state index in [1.54, 1.807) is 20.8 Å². The molecule has 228 valence electrons. The number of carbonyl (C=O) groups is 3. The zero-order chi connectivity index (χ0) is 29.5. The normalized spacial score (nSPS) is 15.6. The summed E-state index contributed by atoms with van der Waals surface area (Å²) in [7, 11) is 0. The van der Waals surface area contributed by atoms with Crippen LogP contribution >= 0.6 is 0 Å². The van der Waals surface area contributed by atoms with Crippen LogP contribution in [-0.4, -0.2) is 62.4 Å². The molecule has 0 saturated carbocycles. The molecule has 0 aliphatic rings. The van der Waals surface area contributed by atoms with Crippen molar-refractivity contribution >= 4 is 17.9 Å². The van der Waals surface area contributed by atoms with Gasteiger partial charge in [-0.1, -0.05) is 104 Å². The van der Waals surface area contributed by atoms with Crippen molar-refractivity contribution in [3.8, 4) is 0 Å². The fourth-order valence-electron chi connectivity index (χ4n) is 6.27. The van der Waals surface area contributed by atoms with Crippen molar-refractivity contribution in [2.75, 3.05) is 6.54 Å². The predicted molar refractivity (Wildman–Crippen MR) is 159 cm³/mol. The molecule has 0 fully saturated rings. The van der Waals surface area contributed by atoms with E-state index < -0.39 is 40.5 Å². The first-order valence-corrected chi connectivity index (χ1v) is 15.9. The Morgan fingerprint density at radius 1 is 0.513 bits per heavy atom. The molecule has 0 spiro atoms. The van der Waals surface area contributed by atoms with E-state index >= 15 is 0 Å². The highest BCUT2D eigenvalue weighted by Gasteiger charge is 2.55. The van der Waals surface area contributed by atoms with Gasteiger partial charge in [-0.2, -0.15) is 0 Å². The monoisotopic (exact) mass is 554 g/mol. The lowest BCUT2D eigenvalue weighted by Crippen LogP contribution is -2.72. The van der Waals surface area contributed by atoms with E-state index in [1.165, 1.54) is 64.2 Å². The van der Waals surface area contributed by atoms with Gasteiger partial charge in [-0.3, -0.25) is 4.48 Å². The molecule has 0 saturated heterocycles. The van der Waals surface area contributed by atoms with E-state index in [4.69, 9.17) is 0 Å². The van der Waals surface area contributed by atoms with Gasteiger partial charge in [0.1, 0.15) is 0 Å². The van der Waals surface area contributed by atoms with Crippen LogP contribution in [-0.2, 0) is 14.4 Å². The van der Waals surface area contributed by atoms with Crippen molar-refractivity contribution in [3.63, 3.8) is 0 Å². The molecule has 0 aliphatic carbocycles. The summed E-state index contributed by atoms with van der Waals surface area (Å²) in [6.45, 7) is 7.62. The van der Waals surface area contributed by atoms with E-state index in [9.17, 15) is 29.7 Å². The molecule has 0 rings (SSSR count). The van der Waals surface area contributed by atoms with Crippen LogP contribution in [0.1, 0.15) is 150 Å². The quantitative estimate of drug-likeness (QED) is 0.0536. The summed E-state index contributed by atoms with van der Waals surface area (Å²) in [5.74, 6) is -3.36. The predicted octanol–water partition coefficient (Wildman–Crippen LogP) is 8.21. The summed E-state index contributed by atoms with van der Waals surface area (Å²) >= 11 is 0. The molecule has 7 nitrogen and oxygen atoms in total. The Kier molecular flexibility index (Phi) is 21.8. The van der Waals surface area contributed by atoms with Gasteiger partial charge in [0.2, 0.25) is 0 Å². The number of hydrogen-bond acceptors (Lipinski definition) is 3. The summed E-state index contributed by atoms with van der Waals surface area (Å²) in [5.41, 5.74) is 0. The molecule has 0 aliphatic heterocycles. The number of rotatable bonds is 27. The van der Waals surface area contributed by atoms with Crippen molar-refractivity contribution in [1.29, 1.82) is 0 Å². The van der Waals surface area contributed by atoms with Crippen LogP contribution in [0.15, 0.2) is 12.2 Å². The van der Waals surface area contributed by atoms with Gasteiger partial charge in [0, 0.05) is 19.3 Å². The van der Waals surface area contributed by atoms with Gasteiger partial charge in [-0.15, -0.1) is 0 Å². The second-order valence-corrected chi connectivity index (χ2v) is 11.2. The van der Waals surface area contributed by atoms with Gasteiger partial charge >= 0.3 is 17.9 Å². The minimum Gasteiger partial charge on any atom is -0.477 e. The summed E-state index contributed by atoms with van der Waals surface area (Å²) in [5, 5.41) is 30.0. The van der Waals surface area contributed by atoms with Crippen molar-refractivity contribution in [1.82, 2.24) is 0 Å². The number of nitrogens with zero attached hydrogens (tertiary/aromatic N) is 1. The Hall–Kier alpha value is -1.89. The van der Waals surface area contributed by atoms with Crippen LogP contribution in [0.25, 0.3) is 0 Å². The van der Waals surface area contributed by atoms with Gasteiger partial charge in [-0.05, 0) is 38.5 Å². The molecule has 0 aromatic carbocycles. The van der Waals surface area contributed by atoms with Gasteiger partial charge in [0.05, 0.1) is 6.54 Å². The van der Waals surface area contributed by atoms with Crippen LogP contribution in [0.5, 0.6) is 0 Å². The minimum absolute atomic E-state index is 0.187. The third-order valence-corrected chi connectivity index (χ3v) is 8.31. The van der Waals surface area contributed by atoms with E-state index in [-0.39, 0.29) is 25.8 Å². The first kappa shape index (κ1) is 37.1. The lowest BCUT2D eigenvalue weighted by molar-refractivity contribution is -0.973. The Morgan fingerprint density at radius 3 is 1.13 bits per heavy atom. The first-order chi connectivity index (χ1) is 18.7. The number of allylic oxidation sites excluding steroid dienone is 2. The lowest BCUT2D eigenvalue weighted by Gasteiger charge is -2.49. The SMILES string of the molecule is CCCCCCCCCCCC/C=C/CCCCCC[N+](C(CC)C(=O)O)(C(CC)C(=O)O)C(CC)C(=O)O. The molecular formula is C32H60NO6+. The highest BCUT2D eigenvalue weighted by molar-refractivity contribution is 5.78. The zero-order valence-corrected chi connectivity index (χ0v) is 25.5. The smallest absolute Gasteiger partial charge is 0.362 e. The molecule has 0 amide bonds. The molecule has 3 N–H and O–H groups in total. The van der Waals surface area contributed by atoms with Crippen molar-refractivity contribution in [2.24, 2.45) is 0 Å². The van der Waals surface area contributed by atoms with Crippen LogP contribution in [0, 0.1) is 0 Å². The maximum absolute atomic E-state index is 12.2. The van der Waals surface area contributed by atoms with Crippen molar-refractivity contribution in [3.05, 3.63) is 12.2 Å². The van der Waals surface area contributed by atoms with Gasteiger partial charge in [0.25, 0.3) is 0 Å². The molecule has 0 heterocycles. The maximum Gasteiger partial charge on any atom is 0.362 e. The summed E-state index contributed by atoms with van der Waals surface area (Å²) in [6.07, 6.45) is 24.1. The number of carboxylic acid groups (broad SMARTS) is 3. The van der Waals surface area contributed by atoms with Crippen LogP contribution in [0.4, 0.5) is 0 Å². The van der Waals surface area contributed by atoms with Crippen LogP contribution in [0.3, 0.4) is 0 Å². The van der Waals surface area contributed by atoms with E-state index in [0.29, 0.717) is 6.42 Å². The average molecular weight is 555 g/mol. The molecule has 7 heteroatoms. The molecule has 0 aromatic heterocycles. The minimum atomic E-state index is -1.12. The third kappa shape index (κ3) is 13.8. The van der Waals surface area contributed by atoms with Crippen LogP contribution < -0.4 is 0 Å². The number of quaternary nitrogens is 1. The largest absolute Gasteiger partial charge is 0.477 e. The number of carboxylic acids is 3. The number of aliphatic carboxylic acids is 3. The average Bonchev–Trinajstić information content (AvgIpc) is 2.88. The summed E-state index contributed by atoms with van der Waals surface area (Å²) < 4.78 is -0.414. The fourth-order valence-corrected chi connectivity index (χ4v) is 6.27. The highest BCUT2D eigenvalue weighted by atomic mass is 16.4. The number of unbranched alkanes of at least 4 members (excludes halogenated alkanes) is 14. The Labute approximate surface area is 238 Å². The van der Waals surface area contributed by atoms with Gasteiger partial charge < -0.3 is 15.3 Å². The van der Waals surface area contributed by atoms with Crippen molar-refractivity contribution in [2.45, 2.75) is 168 Å². The van der Waals surface area contributed by atoms with Gasteiger partial charge in [-0.25, -0.2) is 14.4 Å². The lowest BCUT2D eigenvalue weighted by atomic mass is 9.94. The molecular weight excluding hydrogens is 494 g/mol. The second kappa shape index (κ2) is 22.9. The molecule has 0 radical (unpaired) electrons. The Balaban J connectivity index is 4.64. The molecule has 3 atom stereocenters. The van der Waals surface area contributed by atoms with E-state index in [0.717, 1.165) is 32.1 Å². The zero-order valence-electron chi connectivity index (χ0n) is 25.5. The maximum atomic E-state index is 12.2. The van der Waals surface area contributed by atoms with E-state index in [2.05, 4.69) is 19.1 Å². The third-order valence-electron chi connectivity index (χ3n) is 8.31. The highest BCUT2D eigenvalue weighted by Crippen LogP contribution is 2.32. The molecule has 0 bridgehead atoms. The molecule has 39 heavy (non-hydrogen) atoms. The topological polar surface area (TPSA) is 112 Å². The summed E-state index contributed by atoms with van der Waals surface area (Å²) in [6, 6.07) is -3.21. The molecule has 0 aromatic rings. The van der Waals surface area contributed by atoms with Gasteiger partial charge in [0.15, 0.2) is 18.1 Å². The standard InChI is InChI=1S/C32H59NO6/c1-5-9-10-11-12-13-14-15-16-17-18-19-20-21-22-23-24-25-26-33(27(6-2)30(34)35,28(7-3)31(36)37)29(8-4)32(38)39/h19-20,27-29H,5-18,21-26H2,1-4H3,(H2-,34,35,36,37,38,39)/p+1/b20-19+. The Morgan fingerprint density at radius 2 is 0.821 bits per heavy atom. The van der Waals surface area contributed by atoms with Crippen molar-refractivity contribution < 1.29 is 34.2 Å². The fraction of sp³-hybridized carbons (Fsp3) is 0.844.